The number of fused-ring (bicyclic) bond motifs is 1. The lowest BCUT2D eigenvalue weighted by molar-refractivity contribution is -0.122. The molecule has 2 N–H and O–H groups in total. The smallest absolute Gasteiger partial charge is 0.261 e. The molecular weight excluding hydrogens is 424 g/mol. The summed E-state index contributed by atoms with van der Waals surface area (Å²) in [6.07, 6.45) is 1.51. The highest BCUT2D eigenvalue weighted by Crippen LogP contribution is 2.14. The molecule has 0 spiro atoms. The van der Waals surface area contributed by atoms with Gasteiger partial charge in [-0.2, -0.15) is 0 Å². The van der Waals surface area contributed by atoms with Crippen LogP contribution in [0.4, 0.5) is 0 Å². The Morgan fingerprint density at radius 3 is 2.61 bits per heavy atom. The van der Waals surface area contributed by atoms with E-state index >= 15 is 0 Å². The molecule has 2 amide bonds. The van der Waals surface area contributed by atoms with Gasteiger partial charge < -0.3 is 10.6 Å². The van der Waals surface area contributed by atoms with Gasteiger partial charge in [-0.25, -0.2) is 4.98 Å². The molecule has 0 saturated carbocycles. The van der Waals surface area contributed by atoms with E-state index in [0.29, 0.717) is 17.4 Å². The fraction of sp³-hybridized carbons (Fsp3) is 0.200. The zero-order chi connectivity index (χ0) is 19.9. The molecule has 0 aliphatic heterocycles. The van der Waals surface area contributed by atoms with Crippen LogP contribution in [-0.2, 0) is 22.7 Å². The Kier molecular flexibility index (Phi) is 6.54. The second-order valence-electron chi connectivity index (χ2n) is 6.20. The number of nitrogens with one attached hydrogen (secondary N) is 2. The van der Waals surface area contributed by atoms with Gasteiger partial charge in [0.1, 0.15) is 6.54 Å². The van der Waals surface area contributed by atoms with E-state index in [0.717, 1.165) is 10.0 Å². The van der Waals surface area contributed by atoms with E-state index in [-0.39, 0.29) is 36.9 Å². The van der Waals surface area contributed by atoms with Crippen molar-refractivity contribution in [2.75, 3.05) is 6.54 Å². The molecule has 0 saturated heterocycles. The monoisotopic (exact) mass is 442 g/mol. The number of rotatable bonds is 7. The largest absolute Gasteiger partial charge is 0.354 e. The number of halogens is 1. The Morgan fingerprint density at radius 1 is 1.04 bits per heavy atom. The van der Waals surface area contributed by atoms with Gasteiger partial charge in [0.2, 0.25) is 11.8 Å². The van der Waals surface area contributed by atoms with E-state index in [1.54, 1.807) is 18.2 Å². The number of carbonyl (C=O) groups is 2. The Balaban J connectivity index is 1.48. The van der Waals surface area contributed by atoms with Crippen molar-refractivity contribution in [1.82, 2.24) is 20.2 Å². The average Bonchev–Trinajstić information content (AvgIpc) is 2.70. The Hall–Kier alpha value is -3.00. The van der Waals surface area contributed by atoms with Crippen molar-refractivity contribution in [2.45, 2.75) is 19.5 Å². The molecule has 3 rings (SSSR count). The molecule has 28 heavy (non-hydrogen) atoms. The van der Waals surface area contributed by atoms with Crippen LogP contribution in [-0.4, -0.2) is 27.9 Å². The van der Waals surface area contributed by atoms with Crippen molar-refractivity contribution in [1.29, 1.82) is 0 Å². The highest BCUT2D eigenvalue weighted by Gasteiger charge is 2.09. The van der Waals surface area contributed by atoms with Gasteiger partial charge in [-0.3, -0.25) is 19.0 Å². The first-order chi connectivity index (χ1) is 13.5. The first-order valence-corrected chi connectivity index (χ1v) is 9.54. The molecule has 0 radical (unpaired) electrons. The summed E-state index contributed by atoms with van der Waals surface area (Å²) in [7, 11) is 0. The summed E-state index contributed by atoms with van der Waals surface area (Å²) in [5, 5.41) is 5.88. The van der Waals surface area contributed by atoms with Crippen LogP contribution < -0.4 is 16.2 Å². The summed E-state index contributed by atoms with van der Waals surface area (Å²) in [4.78, 5) is 40.6. The van der Waals surface area contributed by atoms with Crippen LogP contribution in [0, 0.1) is 0 Å². The second kappa shape index (κ2) is 9.27. The highest BCUT2D eigenvalue weighted by atomic mass is 79.9. The van der Waals surface area contributed by atoms with Gasteiger partial charge in [0, 0.05) is 24.0 Å². The van der Waals surface area contributed by atoms with E-state index in [9.17, 15) is 14.4 Å². The molecule has 0 bridgehead atoms. The fourth-order valence-corrected chi connectivity index (χ4v) is 3.02. The van der Waals surface area contributed by atoms with Gasteiger partial charge in [0.25, 0.3) is 5.56 Å². The third kappa shape index (κ3) is 5.26. The van der Waals surface area contributed by atoms with Crippen molar-refractivity contribution in [3.8, 4) is 0 Å². The first kappa shape index (κ1) is 19.8. The molecule has 0 fully saturated rings. The predicted molar refractivity (Wildman–Crippen MR) is 110 cm³/mol. The number of carbonyl (C=O) groups excluding carboxylic acids is 2. The number of amides is 2. The van der Waals surface area contributed by atoms with Crippen LogP contribution in [0.2, 0.25) is 0 Å². The van der Waals surface area contributed by atoms with Crippen LogP contribution in [0.15, 0.2) is 64.1 Å². The number of hydrogen-bond donors (Lipinski definition) is 2. The lowest BCUT2D eigenvalue weighted by Gasteiger charge is -2.09. The molecule has 144 valence electrons. The van der Waals surface area contributed by atoms with E-state index in [2.05, 4.69) is 31.5 Å². The molecule has 3 aromatic rings. The van der Waals surface area contributed by atoms with Crippen molar-refractivity contribution < 1.29 is 9.59 Å². The lowest BCUT2D eigenvalue weighted by atomic mass is 10.2. The van der Waals surface area contributed by atoms with E-state index < -0.39 is 0 Å². The zero-order valence-corrected chi connectivity index (χ0v) is 16.6. The first-order valence-electron chi connectivity index (χ1n) is 8.75. The summed E-state index contributed by atoms with van der Waals surface area (Å²) in [6, 6.07) is 14.8. The number of benzene rings is 2. The SMILES string of the molecule is O=C(CCNC(=O)Cn1cnc2ccc(Br)cc2c1=O)NCc1ccccc1. The Morgan fingerprint density at radius 2 is 1.82 bits per heavy atom. The molecule has 0 unspecified atom stereocenters. The average molecular weight is 443 g/mol. The van der Waals surface area contributed by atoms with Gasteiger partial charge in [-0.05, 0) is 23.8 Å². The van der Waals surface area contributed by atoms with Gasteiger partial charge in [0.15, 0.2) is 0 Å². The van der Waals surface area contributed by atoms with Crippen LogP contribution in [0.25, 0.3) is 10.9 Å². The maximum absolute atomic E-state index is 12.5. The van der Waals surface area contributed by atoms with Crippen molar-refractivity contribution in [3.05, 3.63) is 75.2 Å². The molecule has 2 aromatic carbocycles. The van der Waals surface area contributed by atoms with Gasteiger partial charge in [-0.1, -0.05) is 46.3 Å². The lowest BCUT2D eigenvalue weighted by Crippen LogP contribution is -2.35. The molecule has 1 heterocycles. The van der Waals surface area contributed by atoms with Gasteiger partial charge >= 0.3 is 0 Å². The summed E-state index contributed by atoms with van der Waals surface area (Å²) >= 11 is 3.32. The molecule has 0 aliphatic carbocycles. The topological polar surface area (TPSA) is 93.1 Å². The molecule has 0 atom stereocenters. The zero-order valence-electron chi connectivity index (χ0n) is 15.0. The van der Waals surface area contributed by atoms with Crippen molar-refractivity contribution in [3.63, 3.8) is 0 Å². The minimum absolute atomic E-state index is 0.153. The number of hydrogen-bond acceptors (Lipinski definition) is 4. The molecular formula is C20H19BrN4O3. The molecule has 7 nitrogen and oxygen atoms in total. The summed E-state index contributed by atoms with van der Waals surface area (Å²) in [5.74, 6) is -0.507. The van der Waals surface area contributed by atoms with Crippen LogP contribution >= 0.6 is 15.9 Å². The quantitative estimate of drug-likeness (QED) is 0.584. The summed E-state index contributed by atoms with van der Waals surface area (Å²) < 4.78 is 2.02. The Bertz CT molecular complexity index is 1050. The van der Waals surface area contributed by atoms with Crippen LogP contribution in [0.1, 0.15) is 12.0 Å². The van der Waals surface area contributed by atoms with Crippen LogP contribution in [0.3, 0.4) is 0 Å². The standard InChI is InChI=1S/C20H19BrN4O3/c21-15-6-7-17-16(10-15)20(28)25(13-24-17)12-19(27)22-9-8-18(26)23-11-14-4-2-1-3-5-14/h1-7,10,13H,8-9,11-12H2,(H,22,27)(H,23,26). The molecule has 1 aromatic heterocycles. The maximum Gasteiger partial charge on any atom is 0.261 e. The minimum atomic E-state index is -0.353. The van der Waals surface area contributed by atoms with Crippen LogP contribution in [0.5, 0.6) is 0 Å². The molecule has 0 aliphatic rings. The third-order valence-electron chi connectivity index (χ3n) is 4.11. The van der Waals surface area contributed by atoms with E-state index in [1.807, 2.05) is 30.3 Å². The molecule has 8 heteroatoms. The highest BCUT2D eigenvalue weighted by molar-refractivity contribution is 9.10. The summed E-state index contributed by atoms with van der Waals surface area (Å²) in [5.41, 5.74) is 1.29. The second-order valence-corrected chi connectivity index (χ2v) is 7.12. The number of aromatic nitrogens is 2. The van der Waals surface area contributed by atoms with E-state index in [4.69, 9.17) is 0 Å². The van der Waals surface area contributed by atoms with Gasteiger partial charge in [-0.15, -0.1) is 0 Å². The fourth-order valence-electron chi connectivity index (χ4n) is 2.65. The predicted octanol–water partition coefficient (Wildman–Crippen LogP) is 1.98. The van der Waals surface area contributed by atoms with Crippen molar-refractivity contribution in [2.24, 2.45) is 0 Å². The van der Waals surface area contributed by atoms with Crippen molar-refractivity contribution >= 4 is 38.6 Å². The van der Waals surface area contributed by atoms with Gasteiger partial charge in [0.05, 0.1) is 17.2 Å². The minimum Gasteiger partial charge on any atom is -0.354 e. The Labute approximate surface area is 169 Å². The normalized spacial score (nSPS) is 10.6. The number of nitrogens with zero attached hydrogens (tertiary/aromatic N) is 2. The van der Waals surface area contributed by atoms with E-state index in [1.165, 1.54) is 10.9 Å². The summed E-state index contributed by atoms with van der Waals surface area (Å²) in [6.45, 7) is 0.488. The maximum atomic E-state index is 12.5. The third-order valence-corrected chi connectivity index (χ3v) is 4.60.